The number of methoxy groups -OCH3 is 1. The second kappa shape index (κ2) is 8.72. The number of hydrogen-bond acceptors (Lipinski definition) is 6. The molecule has 0 atom stereocenters. The average molecular weight is 398 g/mol. The Hall–Kier alpha value is -3.42. The summed E-state index contributed by atoms with van der Waals surface area (Å²) in [7, 11) is 1.58. The molecule has 0 heterocycles. The maximum atomic E-state index is 13.2. The molecule has 1 amide bonds. The number of hydrogen-bond donors (Lipinski definition) is 0. The van der Waals surface area contributed by atoms with E-state index in [1.165, 1.54) is 12.1 Å². The first-order chi connectivity index (χ1) is 13.9. The fourth-order valence-electron chi connectivity index (χ4n) is 3.02. The molecule has 2 aromatic carbocycles. The maximum absolute atomic E-state index is 13.2. The highest BCUT2D eigenvalue weighted by atomic mass is 16.6. The van der Waals surface area contributed by atoms with Crippen LogP contribution in [0.4, 0.5) is 5.69 Å². The van der Waals surface area contributed by atoms with E-state index >= 15 is 0 Å². The zero-order valence-electron chi connectivity index (χ0n) is 16.3. The molecule has 3 rings (SSSR count). The van der Waals surface area contributed by atoms with E-state index in [4.69, 9.17) is 9.47 Å². The molecule has 0 saturated heterocycles. The van der Waals surface area contributed by atoms with E-state index in [1.54, 1.807) is 18.9 Å². The molecule has 0 spiro atoms. The summed E-state index contributed by atoms with van der Waals surface area (Å²) in [4.78, 5) is 37.6. The van der Waals surface area contributed by atoms with Gasteiger partial charge in [-0.2, -0.15) is 0 Å². The van der Waals surface area contributed by atoms with Gasteiger partial charge in [-0.05, 0) is 43.5 Å². The third-order valence-corrected chi connectivity index (χ3v) is 4.65. The molecule has 0 bridgehead atoms. The Morgan fingerprint density at radius 1 is 1.14 bits per heavy atom. The van der Waals surface area contributed by atoms with Crippen LogP contribution in [0.5, 0.6) is 5.75 Å². The van der Waals surface area contributed by atoms with Crippen LogP contribution in [0, 0.1) is 10.1 Å². The van der Waals surface area contributed by atoms with Crippen molar-refractivity contribution in [2.45, 2.75) is 32.4 Å². The highest BCUT2D eigenvalue weighted by molar-refractivity contribution is 5.99. The van der Waals surface area contributed by atoms with Crippen LogP contribution in [0.3, 0.4) is 0 Å². The molecule has 1 fully saturated rings. The molecular weight excluding hydrogens is 376 g/mol. The SMILES string of the molecule is CCOC(=O)c1cc(C(=O)N(Cc2ccc(OC)cc2)C2CC2)cc([N+](=O)[O-])c1. The van der Waals surface area contributed by atoms with Gasteiger partial charge in [0.15, 0.2) is 0 Å². The van der Waals surface area contributed by atoms with Crippen LogP contribution in [-0.2, 0) is 11.3 Å². The predicted octanol–water partition coefficient (Wildman–Crippen LogP) is 3.58. The number of ether oxygens (including phenoxy) is 2. The Morgan fingerprint density at radius 2 is 1.79 bits per heavy atom. The number of nitro groups is 1. The lowest BCUT2D eigenvalue weighted by atomic mass is 10.1. The summed E-state index contributed by atoms with van der Waals surface area (Å²) in [6.07, 6.45) is 1.75. The van der Waals surface area contributed by atoms with E-state index in [1.807, 2.05) is 24.3 Å². The van der Waals surface area contributed by atoms with Crippen molar-refractivity contribution in [1.82, 2.24) is 4.90 Å². The average Bonchev–Trinajstić information content (AvgIpc) is 3.57. The van der Waals surface area contributed by atoms with Crippen LogP contribution < -0.4 is 4.74 Å². The van der Waals surface area contributed by atoms with Crippen LogP contribution in [-0.4, -0.2) is 41.5 Å². The lowest BCUT2D eigenvalue weighted by Crippen LogP contribution is -2.32. The topological polar surface area (TPSA) is 99.0 Å². The summed E-state index contributed by atoms with van der Waals surface area (Å²) < 4.78 is 10.1. The number of carbonyl (C=O) groups excluding carboxylic acids is 2. The number of esters is 1. The number of non-ortho nitro benzene ring substituents is 1. The van der Waals surface area contributed by atoms with Crippen molar-refractivity contribution in [2.75, 3.05) is 13.7 Å². The molecule has 8 heteroatoms. The molecule has 1 saturated carbocycles. The Morgan fingerprint density at radius 3 is 2.34 bits per heavy atom. The zero-order chi connectivity index (χ0) is 21.0. The van der Waals surface area contributed by atoms with Gasteiger partial charge in [-0.15, -0.1) is 0 Å². The predicted molar refractivity (Wildman–Crippen MR) is 105 cm³/mol. The van der Waals surface area contributed by atoms with Gasteiger partial charge in [-0.25, -0.2) is 4.79 Å². The molecule has 1 aliphatic rings. The van der Waals surface area contributed by atoms with Crippen LogP contribution in [0.1, 0.15) is 46.0 Å². The Labute approximate surface area is 168 Å². The minimum absolute atomic E-state index is 0.00963. The number of amides is 1. The number of benzene rings is 2. The Bertz CT molecular complexity index is 921. The number of nitrogens with zero attached hydrogens (tertiary/aromatic N) is 2. The molecule has 0 radical (unpaired) electrons. The fraction of sp³-hybridized carbons (Fsp3) is 0.333. The van der Waals surface area contributed by atoms with Crippen LogP contribution in [0.2, 0.25) is 0 Å². The summed E-state index contributed by atoms with van der Waals surface area (Å²) in [6.45, 7) is 2.15. The largest absolute Gasteiger partial charge is 0.497 e. The third-order valence-electron chi connectivity index (χ3n) is 4.65. The summed E-state index contributed by atoms with van der Waals surface area (Å²) in [5, 5.41) is 11.3. The van der Waals surface area contributed by atoms with Gasteiger partial charge in [-0.1, -0.05) is 12.1 Å². The van der Waals surface area contributed by atoms with Crippen molar-refractivity contribution in [3.63, 3.8) is 0 Å². The maximum Gasteiger partial charge on any atom is 0.338 e. The lowest BCUT2D eigenvalue weighted by Gasteiger charge is -2.23. The highest BCUT2D eigenvalue weighted by Gasteiger charge is 2.34. The molecule has 0 aromatic heterocycles. The van der Waals surface area contributed by atoms with Crippen LogP contribution >= 0.6 is 0 Å². The van der Waals surface area contributed by atoms with E-state index in [0.717, 1.165) is 30.2 Å². The molecule has 2 aromatic rings. The first kappa shape index (κ1) is 20.3. The summed E-state index contributed by atoms with van der Waals surface area (Å²) in [5.74, 6) is -0.327. The smallest absolute Gasteiger partial charge is 0.338 e. The van der Waals surface area contributed by atoms with Gasteiger partial charge in [-0.3, -0.25) is 14.9 Å². The van der Waals surface area contributed by atoms with Crippen molar-refractivity contribution in [2.24, 2.45) is 0 Å². The molecule has 0 aliphatic heterocycles. The van der Waals surface area contributed by atoms with Gasteiger partial charge in [0, 0.05) is 30.3 Å². The van der Waals surface area contributed by atoms with Crippen LogP contribution in [0.25, 0.3) is 0 Å². The highest BCUT2D eigenvalue weighted by Crippen LogP contribution is 2.31. The van der Waals surface area contributed by atoms with E-state index < -0.39 is 10.9 Å². The molecule has 0 unspecified atom stereocenters. The van der Waals surface area contributed by atoms with Gasteiger partial charge >= 0.3 is 5.97 Å². The first-order valence-electron chi connectivity index (χ1n) is 9.33. The molecular formula is C21H22N2O6. The van der Waals surface area contributed by atoms with Crippen LogP contribution in [0.15, 0.2) is 42.5 Å². The van der Waals surface area contributed by atoms with Gasteiger partial charge in [0.25, 0.3) is 11.6 Å². The van der Waals surface area contributed by atoms with Crippen molar-refractivity contribution in [3.05, 3.63) is 69.3 Å². The normalized spacial score (nSPS) is 12.9. The molecule has 1 aliphatic carbocycles. The van der Waals surface area contributed by atoms with Crippen molar-refractivity contribution in [1.29, 1.82) is 0 Å². The van der Waals surface area contributed by atoms with Crippen molar-refractivity contribution >= 4 is 17.6 Å². The number of nitro benzene ring substituents is 1. The first-order valence-corrected chi connectivity index (χ1v) is 9.33. The van der Waals surface area contributed by atoms with Gasteiger partial charge in [0.2, 0.25) is 0 Å². The van der Waals surface area contributed by atoms with Gasteiger partial charge in [0.1, 0.15) is 5.75 Å². The van der Waals surface area contributed by atoms with E-state index in [0.29, 0.717) is 6.54 Å². The van der Waals surface area contributed by atoms with E-state index in [-0.39, 0.29) is 35.4 Å². The minimum Gasteiger partial charge on any atom is -0.497 e. The Balaban J connectivity index is 1.90. The lowest BCUT2D eigenvalue weighted by molar-refractivity contribution is -0.384. The van der Waals surface area contributed by atoms with Crippen molar-refractivity contribution in [3.8, 4) is 5.75 Å². The quantitative estimate of drug-likeness (QED) is 0.383. The molecule has 0 N–H and O–H groups in total. The van der Waals surface area contributed by atoms with E-state index in [9.17, 15) is 19.7 Å². The second-order valence-electron chi connectivity index (χ2n) is 6.76. The van der Waals surface area contributed by atoms with Gasteiger partial charge in [0.05, 0.1) is 24.2 Å². The summed E-state index contributed by atoms with van der Waals surface area (Å²) in [6, 6.07) is 11.1. The summed E-state index contributed by atoms with van der Waals surface area (Å²) in [5.41, 5.74) is 0.688. The third kappa shape index (κ3) is 4.90. The zero-order valence-corrected chi connectivity index (χ0v) is 16.3. The number of carbonyl (C=O) groups is 2. The number of rotatable bonds is 8. The fourth-order valence-corrected chi connectivity index (χ4v) is 3.02. The molecule has 8 nitrogen and oxygen atoms in total. The minimum atomic E-state index is -0.696. The van der Waals surface area contributed by atoms with Crippen molar-refractivity contribution < 1.29 is 24.0 Å². The van der Waals surface area contributed by atoms with E-state index in [2.05, 4.69) is 0 Å². The molecule has 29 heavy (non-hydrogen) atoms. The van der Waals surface area contributed by atoms with Gasteiger partial charge < -0.3 is 14.4 Å². The molecule has 152 valence electrons. The summed E-state index contributed by atoms with van der Waals surface area (Å²) >= 11 is 0. The second-order valence-corrected chi connectivity index (χ2v) is 6.76. The monoisotopic (exact) mass is 398 g/mol. The Kier molecular flexibility index (Phi) is 6.11. The standard InChI is InChI=1S/C21H22N2O6/c1-3-29-21(25)16-10-15(11-18(12-16)23(26)27)20(24)22(17-6-7-17)13-14-4-8-19(28-2)9-5-14/h4-5,8-12,17H,3,6-7,13H2,1-2H3.